The smallest absolute Gasteiger partial charge is 0.337 e. The summed E-state index contributed by atoms with van der Waals surface area (Å²) in [5.74, 6) is -0.596. The van der Waals surface area contributed by atoms with Gasteiger partial charge in [0, 0.05) is 10.6 Å². The number of carbonyl (C=O) groups excluding carboxylic acids is 2. The van der Waals surface area contributed by atoms with Crippen LogP contribution < -0.4 is 5.32 Å². The van der Waals surface area contributed by atoms with Crippen molar-refractivity contribution >= 4 is 23.5 Å². The number of hydrogen-bond donors (Lipinski definition) is 1. The molecule has 0 unspecified atom stereocenters. The Morgan fingerprint density at radius 1 is 1.14 bits per heavy atom. The number of halogens is 1. The first-order valence-electron chi connectivity index (χ1n) is 9.87. The lowest BCUT2D eigenvalue weighted by molar-refractivity contribution is 0.0450. The van der Waals surface area contributed by atoms with Gasteiger partial charge in [-0.15, -0.1) is 0 Å². The van der Waals surface area contributed by atoms with E-state index in [2.05, 4.69) is 5.32 Å². The van der Waals surface area contributed by atoms with Crippen LogP contribution in [0.2, 0.25) is 5.02 Å². The maximum atomic E-state index is 12.9. The zero-order chi connectivity index (χ0) is 20.8. The fourth-order valence-electron chi connectivity index (χ4n) is 3.53. The maximum absolute atomic E-state index is 12.9. The number of rotatable bonds is 7. The lowest BCUT2D eigenvalue weighted by Crippen LogP contribution is -2.28. The molecular weight excluding hydrogens is 390 g/mol. The minimum Gasteiger partial charge on any atom is -0.465 e. The molecule has 1 N–H and O–H groups in total. The molecule has 0 radical (unpaired) electrons. The highest BCUT2D eigenvalue weighted by Gasteiger charge is 2.19. The highest BCUT2D eigenvalue weighted by molar-refractivity contribution is 6.31. The van der Waals surface area contributed by atoms with E-state index in [0.717, 1.165) is 24.0 Å². The number of amides is 1. The summed E-state index contributed by atoms with van der Waals surface area (Å²) in [5.41, 5.74) is 2.70. The van der Waals surface area contributed by atoms with Crippen LogP contribution in [0.3, 0.4) is 0 Å². The van der Waals surface area contributed by atoms with E-state index in [0.29, 0.717) is 22.8 Å². The molecule has 1 saturated carbocycles. The normalized spacial score (nSPS) is 15.1. The van der Waals surface area contributed by atoms with E-state index in [4.69, 9.17) is 21.1 Å². The third-order valence-electron chi connectivity index (χ3n) is 5.27. The molecule has 1 aliphatic rings. The summed E-state index contributed by atoms with van der Waals surface area (Å²) in [6.07, 6.45) is 4.82. The first kappa shape index (κ1) is 21.3. The number of ether oxygens (including phenoxy) is 2. The van der Waals surface area contributed by atoms with Crippen LogP contribution in [0.1, 0.15) is 70.5 Å². The fourth-order valence-corrected chi connectivity index (χ4v) is 3.70. The molecule has 2 aromatic carbocycles. The lowest BCUT2D eigenvalue weighted by Gasteiger charge is -2.18. The number of esters is 1. The van der Waals surface area contributed by atoms with Crippen LogP contribution in [0, 0.1) is 0 Å². The Kier molecular flexibility index (Phi) is 7.29. The van der Waals surface area contributed by atoms with Crippen molar-refractivity contribution in [2.75, 3.05) is 7.11 Å². The van der Waals surface area contributed by atoms with Crippen molar-refractivity contribution in [2.24, 2.45) is 0 Å². The lowest BCUT2D eigenvalue weighted by atomic mass is 10.0. The number of hydrogen-bond acceptors (Lipinski definition) is 4. The zero-order valence-corrected chi connectivity index (χ0v) is 17.5. The van der Waals surface area contributed by atoms with Crippen molar-refractivity contribution in [1.82, 2.24) is 5.32 Å². The van der Waals surface area contributed by atoms with Gasteiger partial charge in [-0.2, -0.15) is 0 Å². The first-order valence-corrected chi connectivity index (χ1v) is 10.2. The molecule has 0 saturated heterocycles. The molecule has 0 bridgehead atoms. The number of carbonyl (C=O) groups is 2. The van der Waals surface area contributed by atoms with E-state index in [-0.39, 0.29) is 24.0 Å². The van der Waals surface area contributed by atoms with Gasteiger partial charge in [-0.3, -0.25) is 4.79 Å². The molecule has 1 fully saturated rings. The average Bonchev–Trinajstić information content (AvgIpc) is 3.26. The Morgan fingerprint density at radius 2 is 1.83 bits per heavy atom. The van der Waals surface area contributed by atoms with E-state index < -0.39 is 0 Å². The van der Waals surface area contributed by atoms with Gasteiger partial charge in [0.15, 0.2) is 0 Å². The van der Waals surface area contributed by atoms with Crippen LogP contribution in [-0.4, -0.2) is 25.1 Å². The summed E-state index contributed by atoms with van der Waals surface area (Å²) in [5, 5.41) is 3.51. The third-order valence-corrected chi connectivity index (χ3v) is 5.51. The topological polar surface area (TPSA) is 64.6 Å². The molecule has 5 nitrogen and oxygen atoms in total. The van der Waals surface area contributed by atoms with Gasteiger partial charge in [-0.1, -0.05) is 42.6 Å². The Labute approximate surface area is 176 Å². The fraction of sp³-hybridized carbons (Fsp3) is 0.391. The number of benzene rings is 2. The van der Waals surface area contributed by atoms with Gasteiger partial charge in [-0.05, 0) is 55.2 Å². The average molecular weight is 416 g/mol. The van der Waals surface area contributed by atoms with Gasteiger partial charge < -0.3 is 14.8 Å². The van der Waals surface area contributed by atoms with Crippen LogP contribution in [0.5, 0.6) is 0 Å². The van der Waals surface area contributed by atoms with Gasteiger partial charge in [-0.25, -0.2) is 4.79 Å². The van der Waals surface area contributed by atoms with Crippen molar-refractivity contribution in [2.45, 2.75) is 51.4 Å². The Bertz CT molecular complexity index is 860. The standard InChI is InChI=1S/C23H26ClNO4/c1-15(16-7-9-17(10-8-16)23(27)28-2)25-22(26)21-13-19(24)12-11-18(21)14-29-20-5-3-4-6-20/h7-13,15,20H,3-6,14H2,1-2H3,(H,25,26)/t15-/m0/s1. The first-order chi connectivity index (χ1) is 14.0. The van der Waals surface area contributed by atoms with E-state index in [1.807, 2.05) is 13.0 Å². The second-order valence-electron chi connectivity index (χ2n) is 7.33. The largest absolute Gasteiger partial charge is 0.465 e. The predicted octanol–water partition coefficient (Wildman–Crippen LogP) is 5.08. The van der Waals surface area contributed by atoms with Gasteiger partial charge >= 0.3 is 5.97 Å². The molecular formula is C23H26ClNO4. The van der Waals surface area contributed by atoms with Crippen molar-refractivity contribution < 1.29 is 19.1 Å². The van der Waals surface area contributed by atoms with Crippen molar-refractivity contribution in [3.63, 3.8) is 0 Å². The minimum absolute atomic E-state index is 0.206. The van der Waals surface area contributed by atoms with E-state index >= 15 is 0 Å². The molecule has 2 aromatic rings. The van der Waals surface area contributed by atoms with E-state index in [1.165, 1.54) is 20.0 Å². The summed E-state index contributed by atoms with van der Waals surface area (Å²) in [6, 6.07) is 12.0. The summed E-state index contributed by atoms with van der Waals surface area (Å²) in [7, 11) is 1.35. The van der Waals surface area contributed by atoms with Crippen LogP contribution >= 0.6 is 11.6 Å². The summed E-state index contributed by atoms with van der Waals surface area (Å²) < 4.78 is 10.7. The Balaban J connectivity index is 1.68. The van der Waals surface area contributed by atoms with E-state index in [1.54, 1.807) is 36.4 Å². The molecule has 3 rings (SSSR count). The SMILES string of the molecule is COC(=O)c1ccc([C@H](C)NC(=O)c2cc(Cl)ccc2COC2CCCC2)cc1. The molecule has 0 spiro atoms. The van der Waals surface area contributed by atoms with Gasteiger partial charge in [0.2, 0.25) is 0 Å². The highest BCUT2D eigenvalue weighted by Crippen LogP contribution is 2.24. The number of nitrogens with one attached hydrogen (secondary N) is 1. The maximum Gasteiger partial charge on any atom is 0.337 e. The Morgan fingerprint density at radius 3 is 2.48 bits per heavy atom. The van der Waals surface area contributed by atoms with Crippen LogP contribution in [0.15, 0.2) is 42.5 Å². The van der Waals surface area contributed by atoms with Gasteiger partial charge in [0.05, 0.1) is 31.4 Å². The van der Waals surface area contributed by atoms with Crippen molar-refractivity contribution in [1.29, 1.82) is 0 Å². The van der Waals surface area contributed by atoms with Crippen molar-refractivity contribution in [3.8, 4) is 0 Å². The highest BCUT2D eigenvalue weighted by atomic mass is 35.5. The third kappa shape index (κ3) is 5.58. The van der Waals surface area contributed by atoms with E-state index in [9.17, 15) is 9.59 Å². The molecule has 29 heavy (non-hydrogen) atoms. The summed E-state index contributed by atoms with van der Waals surface area (Å²) in [4.78, 5) is 24.5. The van der Waals surface area contributed by atoms with Crippen LogP contribution in [0.25, 0.3) is 0 Å². The molecule has 1 aliphatic carbocycles. The number of methoxy groups -OCH3 is 1. The predicted molar refractivity (Wildman–Crippen MR) is 112 cm³/mol. The van der Waals surface area contributed by atoms with Crippen LogP contribution in [-0.2, 0) is 16.1 Å². The Hall–Kier alpha value is -2.37. The molecule has 0 aliphatic heterocycles. The summed E-state index contributed by atoms with van der Waals surface area (Å²) in [6.45, 7) is 2.29. The van der Waals surface area contributed by atoms with Gasteiger partial charge in [0.1, 0.15) is 0 Å². The molecule has 0 heterocycles. The molecule has 0 aromatic heterocycles. The van der Waals surface area contributed by atoms with Crippen LogP contribution in [0.4, 0.5) is 0 Å². The van der Waals surface area contributed by atoms with Gasteiger partial charge in [0.25, 0.3) is 5.91 Å². The monoisotopic (exact) mass is 415 g/mol. The second kappa shape index (κ2) is 9.90. The summed E-state index contributed by atoms with van der Waals surface area (Å²) >= 11 is 6.14. The van der Waals surface area contributed by atoms with Crippen molar-refractivity contribution in [3.05, 3.63) is 69.7 Å². The molecule has 154 valence electrons. The quantitative estimate of drug-likeness (QED) is 0.640. The molecule has 1 amide bonds. The molecule has 6 heteroatoms. The minimum atomic E-state index is -0.390. The molecule has 1 atom stereocenters. The second-order valence-corrected chi connectivity index (χ2v) is 7.76. The zero-order valence-electron chi connectivity index (χ0n) is 16.7.